The van der Waals surface area contributed by atoms with Gasteiger partial charge in [0, 0.05) is 18.0 Å². The molecule has 0 aliphatic rings. The standard InChI is InChI=1S/C14H11ClFN3O/c1-20-14-6-9(4-5-18-14)13(8-17)19-10-2-3-12(16)11(15)7-10/h2-7,13,19H,1H3. The first-order chi connectivity index (χ1) is 9.63. The van der Waals surface area contributed by atoms with Gasteiger partial charge >= 0.3 is 0 Å². The van der Waals surface area contributed by atoms with E-state index in [4.69, 9.17) is 16.3 Å². The second-order valence-corrected chi connectivity index (χ2v) is 4.37. The van der Waals surface area contributed by atoms with Gasteiger partial charge in [-0.15, -0.1) is 0 Å². The molecule has 2 aromatic rings. The Morgan fingerprint density at radius 2 is 2.20 bits per heavy atom. The summed E-state index contributed by atoms with van der Waals surface area (Å²) in [5.41, 5.74) is 1.25. The normalized spacial score (nSPS) is 11.5. The number of rotatable bonds is 4. The monoisotopic (exact) mass is 291 g/mol. The molecule has 1 N–H and O–H groups in total. The summed E-state index contributed by atoms with van der Waals surface area (Å²) in [6.45, 7) is 0. The summed E-state index contributed by atoms with van der Waals surface area (Å²) in [5, 5.41) is 12.2. The molecular weight excluding hydrogens is 281 g/mol. The Balaban J connectivity index is 2.24. The van der Waals surface area contributed by atoms with E-state index < -0.39 is 11.9 Å². The van der Waals surface area contributed by atoms with E-state index in [1.165, 1.54) is 25.3 Å². The maximum atomic E-state index is 13.1. The SMILES string of the molecule is COc1cc(C(C#N)Nc2ccc(F)c(Cl)c2)ccn1. The van der Waals surface area contributed by atoms with E-state index >= 15 is 0 Å². The number of halogens is 2. The molecule has 2 rings (SSSR count). The molecule has 0 fully saturated rings. The van der Waals surface area contributed by atoms with Gasteiger partial charge in [-0.25, -0.2) is 9.37 Å². The molecule has 1 unspecified atom stereocenters. The number of anilines is 1. The van der Waals surface area contributed by atoms with Gasteiger partial charge in [0.25, 0.3) is 0 Å². The molecule has 0 aliphatic heterocycles. The van der Waals surface area contributed by atoms with Crippen LogP contribution in [0.25, 0.3) is 0 Å². The minimum absolute atomic E-state index is 0.000927. The van der Waals surface area contributed by atoms with Crippen LogP contribution in [0.15, 0.2) is 36.5 Å². The second kappa shape index (κ2) is 6.22. The summed E-state index contributed by atoms with van der Waals surface area (Å²) in [6.07, 6.45) is 1.55. The van der Waals surface area contributed by atoms with Crippen molar-refractivity contribution in [1.82, 2.24) is 4.98 Å². The Morgan fingerprint density at radius 3 is 2.85 bits per heavy atom. The Labute approximate surface area is 120 Å². The zero-order valence-electron chi connectivity index (χ0n) is 10.6. The molecule has 1 aromatic heterocycles. The molecule has 0 aliphatic carbocycles. The van der Waals surface area contributed by atoms with Crippen molar-refractivity contribution >= 4 is 17.3 Å². The van der Waals surface area contributed by atoms with E-state index in [9.17, 15) is 9.65 Å². The van der Waals surface area contributed by atoms with Crippen molar-refractivity contribution < 1.29 is 9.13 Å². The Bertz CT molecular complexity index is 657. The van der Waals surface area contributed by atoms with Crippen molar-refractivity contribution in [3.05, 3.63) is 52.9 Å². The molecule has 6 heteroatoms. The highest BCUT2D eigenvalue weighted by Crippen LogP contribution is 2.24. The molecule has 1 heterocycles. The van der Waals surface area contributed by atoms with Gasteiger partial charge in [-0.1, -0.05) is 11.6 Å². The number of hydrogen-bond acceptors (Lipinski definition) is 4. The van der Waals surface area contributed by atoms with Crippen LogP contribution in [0.1, 0.15) is 11.6 Å². The average molecular weight is 292 g/mol. The molecule has 0 saturated carbocycles. The number of nitrogens with zero attached hydrogens (tertiary/aromatic N) is 2. The highest BCUT2D eigenvalue weighted by molar-refractivity contribution is 6.31. The Hall–Kier alpha value is -2.32. The van der Waals surface area contributed by atoms with Gasteiger partial charge in [0.15, 0.2) is 0 Å². The molecule has 102 valence electrons. The second-order valence-electron chi connectivity index (χ2n) is 3.97. The highest BCUT2D eigenvalue weighted by atomic mass is 35.5. The topological polar surface area (TPSA) is 57.9 Å². The summed E-state index contributed by atoms with van der Waals surface area (Å²) in [5.74, 6) is -0.0852. The quantitative estimate of drug-likeness (QED) is 0.936. The lowest BCUT2D eigenvalue weighted by Crippen LogP contribution is -2.09. The van der Waals surface area contributed by atoms with Crippen LogP contribution >= 0.6 is 11.6 Å². The predicted molar refractivity (Wildman–Crippen MR) is 74.2 cm³/mol. The number of ether oxygens (including phenoxy) is 1. The fourth-order valence-electron chi connectivity index (χ4n) is 1.66. The van der Waals surface area contributed by atoms with Crippen molar-refractivity contribution in [2.45, 2.75) is 6.04 Å². The number of hydrogen-bond donors (Lipinski definition) is 1. The van der Waals surface area contributed by atoms with Crippen LogP contribution in [0, 0.1) is 17.1 Å². The van der Waals surface area contributed by atoms with E-state index in [0.29, 0.717) is 17.1 Å². The number of aromatic nitrogens is 1. The Morgan fingerprint density at radius 1 is 1.40 bits per heavy atom. The van der Waals surface area contributed by atoms with Crippen LogP contribution in [0.3, 0.4) is 0 Å². The van der Waals surface area contributed by atoms with E-state index in [0.717, 1.165) is 0 Å². The molecule has 1 atom stereocenters. The molecule has 0 spiro atoms. The van der Waals surface area contributed by atoms with Gasteiger partial charge in [0.05, 0.1) is 18.2 Å². The number of methoxy groups -OCH3 is 1. The van der Waals surface area contributed by atoms with E-state index in [1.54, 1.807) is 18.3 Å². The number of nitrogens with one attached hydrogen (secondary N) is 1. The highest BCUT2D eigenvalue weighted by Gasteiger charge is 2.12. The predicted octanol–water partition coefficient (Wildman–Crippen LogP) is 3.56. The minimum atomic E-state index is -0.617. The largest absolute Gasteiger partial charge is 0.481 e. The van der Waals surface area contributed by atoms with Crippen molar-refractivity contribution in [3.8, 4) is 11.9 Å². The fourth-order valence-corrected chi connectivity index (χ4v) is 1.84. The van der Waals surface area contributed by atoms with Gasteiger partial charge in [0.1, 0.15) is 11.9 Å². The lowest BCUT2D eigenvalue weighted by molar-refractivity contribution is 0.397. The van der Waals surface area contributed by atoms with Crippen LogP contribution in [0.5, 0.6) is 5.88 Å². The third kappa shape index (κ3) is 3.16. The number of nitriles is 1. The van der Waals surface area contributed by atoms with Crippen molar-refractivity contribution in [3.63, 3.8) is 0 Å². The van der Waals surface area contributed by atoms with E-state index in [1.807, 2.05) is 0 Å². The molecule has 0 radical (unpaired) electrons. The van der Waals surface area contributed by atoms with Gasteiger partial charge in [-0.3, -0.25) is 0 Å². The number of benzene rings is 1. The van der Waals surface area contributed by atoms with Crippen molar-refractivity contribution in [2.24, 2.45) is 0 Å². The van der Waals surface area contributed by atoms with Crippen LogP contribution < -0.4 is 10.1 Å². The van der Waals surface area contributed by atoms with Crippen LogP contribution in [-0.2, 0) is 0 Å². The first-order valence-corrected chi connectivity index (χ1v) is 6.13. The van der Waals surface area contributed by atoms with Gasteiger partial charge in [-0.05, 0) is 29.8 Å². The maximum Gasteiger partial charge on any atom is 0.213 e. The molecule has 0 saturated heterocycles. The third-order valence-corrected chi connectivity index (χ3v) is 2.95. The van der Waals surface area contributed by atoms with E-state index in [2.05, 4.69) is 16.4 Å². The lowest BCUT2D eigenvalue weighted by Gasteiger charge is -2.14. The lowest BCUT2D eigenvalue weighted by atomic mass is 10.1. The molecular formula is C14H11ClFN3O. The molecule has 0 amide bonds. The summed E-state index contributed by atoms with van der Waals surface area (Å²) in [4.78, 5) is 3.98. The van der Waals surface area contributed by atoms with Gasteiger partial charge in [0.2, 0.25) is 5.88 Å². The summed E-state index contributed by atoms with van der Waals surface area (Å²) in [7, 11) is 1.50. The van der Waals surface area contributed by atoms with Crippen LogP contribution in [0.2, 0.25) is 5.02 Å². The van der Waals surface area contributed by atoms with Crippen molar-refractivity contribution in [2.75, 3.05) is 12.4 Å². The maximum absolute atomic E-state index is 13.1. The third-order valence-electron chi connectivity index (χ3n) is 2.66. The molecule has 4 nitrogen and oxygen atoms in total. The first-order valence-electron chi connectivity index (χ1n) is 5.75. The van der Waals surface area contributed by atoms with Crippen molar-refractivity contribution in [1.29, 1.82) is 5.26 Å². The smallest absolute Gasteiger partial charge is 0.213 e. The van der Waals surface area contributed by atoms with Crippen LogP contribution in [0.4, 0.5) is 10.1 Å². The minimum Gasteiger partial charge on any atom is -0.481 e. The van der Waals surface area contributed by atoms with E-state index in [-0.39, 0.29) is 5.02 Å². The average Bonchev–Trinajstić information content (AvgIpc) is 2.48. The number of pyridine rings is 1. The first kappa shape index (κ1) is 14.1. The summed E-state index contributed by atoms with van der Waals surface area (Å²) in [6, 6.07) is 9.06. The molecule has 1 aromatic carbocycles. The Kier molecular flexibility index (Phi) is 4.38. The zero-order chi connectivity index (χ0) is 14.5. The molecule has 0 bridgehead atoms. The van der Waals surface area contributed by atoms with Gasteiger partial charge in [-0.2, -0.15) is 5.26 Å². The zero-order valence-corrected chi connectivity index (χ0v) is 11.4. The van der Waals surface area contributed by atoms with Crippen LogP contribution in [-0.4, -0.2) is 12.1 Å². The van der Waals surface area contributed by atoms with Gasteiger partial charge < -0.3 is 10.1 Å². The summed E-state index contributed by atoms with van der Waals surface area (Å²) < 4.78 is 18.1. The fraction of sp³-hybridized carbons (Fsp3) is 0.143. The summed E-state index contributed by atoms with van der Waals surface area (Å²) >= 11 is 5.71. The molecule has 20 heavy (non-hydrogen) atoms.